The number of nitrogens with zero attached hydrogens (tertiary/aromatic N) is 2. The predicted molar refractivity (Wildman–Crippen MR) is 91.2 cm³/mol. The van der Waals surface area contributed by atoms with Crippen molar-refractivity contribution in [2.75, 3.05) is 0 Å². The van der Waals surface area contributed by atoms with Crippen LogP contribution >= 0.6 is 0 Å². The second-order valence-electron chi connectivity index (χ2n) is 6.59. The van der Waals surface area contributed by atoms with Crippen LogP contribution in [0, 0.1) is 6.92 Å². The molecular formula is C18H17N3O4. The molecule has 2 aromatic heterocycles. The van der Waals surface area contributed by atoms with E-state index in [4.69, 9.17) is 0 Å². The monoisotopic (exact) mass is 339 g/mol. The molecule has 0 amide bonds. The van der Waals surface area contributed by atoms with Gasteiger partial charge in [0.05, 0.1) is 22.8 Å². The van der Waals surface area contributed by atoms with Crippen LogP contribution in [0.4, 0.5) is 0 Å². The Morgan fingerprint density at radius 3 is 2.64 bits per heavy atom. The zero-order chi connectivity index (χ0) is 17.7. The molecule has 3 aromatic rings. The molecule has 0 unspecified atom stereocenters. The van der Waals surface area contributed by atoms with E-state index in [0.717, 1.165) is 24.2 Å². The molecule has 4 rings (SSSR count). The van der Waals surface area contributed by atoms with Crippen molar-refractivity contribution in [2.24, 2.45) is 0 Å². The summed E-state index contributed by atoms with van der Waals surface area (Å²) in [7, 11) is 0. The van der Waals surface area contributed by atoms with Crippen LogP contribution in [-0.2, 0) is 4.79 Å². The SMILES string of the molecule is Cc1cc2c(cc1C(=O)O)[nH]c(=O)c1cnc(C3CCC(=O)CC3)n12. The number of aromatic amines is 1. The third kappa shape index (κ3) is 2.43. The van der Waals surface area contributed by atoms with Crippen molar-refractivity contribution in [3.63, 3.8) is 0 Å². The second kappa shape index (κ2) is 5.54. The molecule has 0 saturated heterocycles. The maximum absolute atomic E-state index is 12.4. The number of aromatic carboxylic acids is 1. The number of carboxylic acid groups (broad SMARTS) is 1. The molecule has 1 aliphatic carbocycles. The molecule has 1 aromatic carbocycles. The minimum absolute atomic E-state index is 0.115. The van der Waals surface area contributed by atoms with E-state index in [0.29, 0.717) is 29.4 Å². The van der Waals surface area contributed by atoms with Crippen molar-refractivity contribution in [2.45, 2.75) is 38.5 Å². The Morgan fingerprint density at radius 1 is 1.24 bits per heavy atom. The third-order valence-electron chi connectivity index (χ3n) is 4.99. The number of rotatable bonds is 2. The molecule has 0 bridgehead atoms. The van der Waals surface area contributed by atoms with Crippen molar-refractivity contribution >= 4 is 28.3 Å². The molecule has 2 N–H and O–H groups in total. The number of hydrogen-bond acceptors (Lipinski definition) is 4. The van der Waals surface area contributed by atoms with Crippen LogP contribution in [0.2, 0.25) is 0 Å². The van der Waals surface area contributed by atoms with Gasteiger partial charge in [-0.25, -0.2) is 9.78 Å². The number of fused-ring (bicyclic) bond motifs is 3. The zero-order valence-corrected chi connectivity index (χ0v) is 13.7. The minimum Gasteiger partial charge on any atom is -0.478 e. The Kier molecular flexibility index (Phi) is 3.45. The van der Waals surface area contributed by atoms with Gasteiger partial charge in [-0.3, -0.25) is 14.0 Å². The smallest absolute Gasteiger partial charge is 0.336 e. The van der Waals surface area contributed by atoms with E-state index in [-0.39, 0.29) is 22.8 Å². The van der Waals surface area contributed by atoms with Crippen LogP contribution in [0.3, 0.4) is 0 Å². The standard InChI is InChI=1S/C18H17N3O4/c1-9-6-14-13(7-12(9)18(24)25)20-17(23)15-8-19-16(21(14)15)10-2-4-11(22)5-3-10/h6-8,10H,2-5H2,1H3,(H,20,23)(H,24,25). The first-order chi connectivity index (χ1) is 12.0. The topological polar surface area (TPSA) is 105 Å². The van der Waals surface area contributed by atoms with Crippen molar-refractivity contribution in [1.29, 1.82) is 0 Å². The lowest BCUT2D eigenvalue weighted by Gasteiger charge is -2.20. The molecule has 1 saturated carbocycles. The minimum atomic E-state index is -1.03. The molecule has 0 spiro atoms. The van der Waals surface area contributed by atoms with Gasteiger partial charge in [0.2, 0.25) is 0 Å². The molecule has 2 heterocycles. The number of carbonyl (C=O) groups excluding carboxylic acids is 1. The molecule has 0 atom stereocenters. The number of imidazole rings is 1. The Balaban J connectivity index is 2.00. The summed E-state index contributed by atoms with van der Waals surface area (Å²) in [4.78, 5) is 42.5. The number of aryl methyl sites for hydroxylation is 1. The number of carboxylic acids is 1. The summed E-state index contributed by atoms with van der Waals surface area (Å²) >= 11 is 0. The highest BCUT2D eigenvalue weighted by atomic mass is 16.4. The second-order valence-corrected chi connectivity index (χ2v) is 6.59. The maximum Gasteiger partial charge on any atom is 0.336 e. The van der Waals surface area contributed by atoms with E-state index in [1.54, 1.807) is 19.2 Å². The molecule has 128 valence electrons. The Bertz CT molecular complexity index is 1080. The van der Waals surface area contributed by atoms with Gasteiger partial charge in [0.15, 0.2) is 0 Å². The van der Waals surface area contributed by atoms with Gasteiger partial charge in [0, 0.05) is 18.8 Å². The van der Waals surface area contributed by atoms with Crippen LogP contribution in [0.15, 0.2) is 23.1 Å². The van der Waals surface area contributed by atoms with Crippen LogP contribution < -0.4 is 5.56 Å². The Morgan fingerprint density at radius 2 is 1.96 bits per heavy atom. The fourth-order valence-corrected chi connectivity index (χ4v) is 3.66. The number of ketones is 1. The summed E-state index contributed by atoms with van der Waals surface area (Å²) in [5.41, 5.74) is 2.09. The maximum atomic E-state index is 12.4. The van der Waals surface area contributed by atoms with Crippen LogP contribution in [0.1, 0.15) is 53.3 Å². The van der Waals surface area contributed by atoms with Gasteiger partial charge in [0.25, 0.3) is 5.56 Å². The molecule has 7 heteroatoms. The summed E-state index contributed by atoms with van der Waals surface area (Å²) in [6, 6.07) is 3.25. The number of H-pyrrole nitrogens is 1. The van der Waals surface area contributed by atoms with Crippen LogP contribution in [0.25, 0.3) is 16.6 Å². The molecule has 7 nitrogen and oxygen atoms in total. The number of hydrogen-bond donors (Lipinski definition) is 2. The lowest BCUT2D eigenvalue weighted by atomic mass is 9.88. The summed E-state index contributed by atoms with van der Waals surface area (Å²) in [5.74, 6) is 0.115. The highest BCUT2D eigenvalue weighted by molar-refractivity contribution is 5.94. The number of aromatic nitrogens is 3. The number of benzene rings is 1. The quantitative estimate of drug-likeness (QED) is 0.746. The van der Waals surface area contributed by atoms with Gasteiger partial charge in [-0.15, -0.1) is 0 Å². The molecule has 1 fully saturated rings. The lowest BCUT2D eigenvalue weighted by molar-refractivity contribution is -0.120. The third-order valence-corrected chi connectivity index (χ3v) is 4.99. The average molecular weight is 339 g/mol. The summed E-state index contributed by atoms with van der Waals surface area (Å²) < 4.78 is 1.81. The molecule has 25 heavy (non-hydrogen) atoms. The van der Waals surface area contributed by atoms with Gasteiger partial charge in [0.1, 0.15) is 17.1 Å². The fourth-order valence-electron chi connectivity index (χ4n) is 3.66. The number of Topliss-reactive ketones (excluding diaryl/α,β-unsaturated/α-hetero) is 1. The normalized spacial score (nSPS) is 16.0. The molecule has 0 radical (unpaired) electrons. The Hall–Kier alpha value is -2.96. The van der Waals surface area contributed by atoms with E-state index < -0.39 is 5.97 Å². The lowest BCUT2D eigenvalue weighted by Crippen LogP contribution is -2.17. The van der Waals surface area contributed by atoms with Crippen molar-refractivity contribution in [3.05, 3.63) is 45.6 Å². The highest BCUT2D eigenvalue weighted by Gasteiger charge is 2.25. The van der Waals surface area contributed by atoms with Gasteiger partial charge < -0.3 is 10.1 Å². The van der Waals surface area contributed by atoms with Crippen LogP contribution in [0.5, 0.6) is 0 Å². The van der Waals surface area contributed by atoms with Crippen molar-refractivity contribution in [1.82, 2.24) is 14.4 Å². The van der Waals surface area contributed by atoms with Gasteiger partial charge in [-0.05, 0) is 37.5 Å². The zero-order valence-electron chi connectivity index (χ0n) is 13.7. The van der Waals surface area contributed by atoms with Gasteiger partial charge >= 0.3 is 5.97 Å². The Labute approximate surface area is 142 Å². The van der Waals surface area contributed by atoms with E-state index in [9.17, 15) is 19.5 Å². The summed E-state index contributed by atoms with van der Waals surface area (Å²) in [6.07, 6.45) is 4.05. The first-order valence-electron chi connectivity index (χ1n) is 8.24. The molecule has 1 aliphatic rings. The van der Waals surface area contributed by atoms with Crippen molar-refractivity contribution in [3.8, 4) is 0 Å². The van der Waals surface area contributed by atoms with E-state index in [1.807, 2.05) is 4.40 Å². The van der Waals surface area contributed by atoms with Gasteiger partial charge in [-0.1, -0.05) is 0 Å². The number of carbonyl (C=O) groups is 2. The van der Waals surface area contributed by atoms with E-state index in [1.165, 1.54) is 6.07 Å². The molecular weight excluding hydrogens is 322 g/mol. The van der Waals surface area contributed by atoms with Crippen LogP contribution in [-0.4, -0.2) is 31.2 Å². The van der Waals surface area contributed by atoms with E-state index in [2.05, 4.69) is 9.97 Å². The largest absolute Gasteiger partial charge is 0.478 e. The predicted octanol–water partition coefficient (Wildman–Crippen LogP) is 2.41. The average Bonchev–Trinajstić information content (AvgIpc) is 3.01. The first kappa shape index (κ1) is 15.6. The molecule has 0 aliphatic heterocycles. The van der Waals surface area contributed by atoms with Gasteiger partial charge in [-0.2, -0.15) is 0 Å². The highest BCUT2D eigenvalue weighted by Crippen LogP contribution is 2.32. The summed E-state index contributed by atoms with van der Waals surface area (Å²) in [5, 5.41) is 9.31. The summed E-state index contributed by atoms with van der Waals surface area (Å²) in [6.45, 7) is 1.73. The van der Waals surface area contributed by atoms with Crippen molar-refractivity contribution < 1.29 is 14.7 Å². The fraction of sp³-hybridized carbons (Fsp3) is 0.333. The first-order valence-corrected chi connectivity index (χ1v) is 8.24. The number of nitrogens with one attached hydrogen (secondary N) is 1. The van der Waals surface area contributed by atoms with E-state index >= 15 is 0 Å².